The van der Waals surface area contributed by atoms with Crippen LogP contribution in [0.3, 0.4) is 0 Å². The van der Waals surface area contributed by atoms with Crippen LogP contribution in [0.25, 0.3) is 0 Å². The molecule has 20 heavy (non-hydrogen) atoms. The predicted octanol–water partition coefficient (Wildman–Crippen LogP) is 3.24. The number of fused-ring (bicyclic) bond motifs is 1. The lowest BCUT2D eigenvalue weighted by atomic mass is 9.87. The number of methoxy groups -OCH3 is 1. The second kappa shape index (κ2) is 5.34. The van der Waals surface area contributed by atoms with Gasteiger partial charge in [-0.3, -0.25) is 0 Å². The van der Waals surface area contributed by atoms with Gasteiger partial charge in [0.1, 0.15) is 5.75 Å². The molecule has 0 saturated heterocycles. The fourth-order valence-electron chi connectivity index (χ4n) is 3.17. The van der Waals surface area contributed by atoms with Crippen LogP contribution >= 0.6 is 11.6 Å². The van der Waals surface area contributed by atoms with Crippen molar-refractivity contribution in [2.75, 3.05) is 20.3 Å². The molecule has 0 atom stereocenters. The van der Waals surface area contributed by atoms with Crippen LogP contribution in [0.5, 0.6) is 17.2 Å². The van der Waals surface area contributed by atoms with E-state index in [4.69, 9.17) is 31.5 Å². The van der Waals surface area contributed by atoms with Crippen LogP contribution in [-0.2, 0) is 5.54 Å². The lowest BCUT2D eigenvalue weighted by Crippen LogP contribution is -2.34. The van der Waals surface area contributed by atoms with Crippen molar-refractivity contribution in [2.45, 2.75) is 37.6 Å². The van der Waals surface area contributed by atoms with Crippen LogP contribution in [-0.4, -0.2) is 20.3 Å². The molecule has 0 unspecified atom stereocenters. The summed E-state index contributed by atoms with van der Waals surface area (Å²) in [5, 5.41) is 0.531. The summed E-state index contributed by atoms with van der Waals surface area (Å²) in [6.07, 6.45) is 4.91. The first-order chi connectivity index (χ1) is 9.65. The van der Waals surface area contributed by atoms with Gasteiger partial charge in [-0.25, -0.2) is 0 Å². The zero-order valence-corrected chi connectivity index (χ0v) is 12.5. The van der Waals surface area contributed by atoms with Crippen molar-refractivity contribution in [2.24, 2.45) is 5.73 Å². The minimum absolute atomic E-state index is 0.436. The van der Waals surface area contributed by atoms with E-state index in [1.165, 1.54) is 0 Å². The van der Waals surface area contributed by atoms with Gasteiger partial charge >= 0.3 is 0 Å². The van der Waals surface area contributed by atoms with Crippen LogP contribution in [0.15, 0.2) is 6.07 Å². The van der Waals surface area contributed by atoms with Gasteiger partial charge in [0.15, 0.2) is 11.5 Å². The average molecular weight is 298 g/mol. The highest BCUT2D eigenvalue weighted by Gasteiger charge is 2.39. The number of nitrogens with two attached hydrogens (primary N) is 1. The van der Waals surface area contributed by atoms with Crippen LogP contribution in [0.4, 0.5) is 0 Å². The molecule has 1 fully saturated rings. The molecule has 4 nitrogen and oxygen atoms in total. The summed E-state index contributed by atoms with van der Waals surface area (Å²) < 4.78 is 17.2. The Bertz CT molecular complexity index is 512. The van der Waals surface area contributed by atoms with Gasteiger partial charge in [0.2, 0.25) is 0 Å². The standard InChI is InChI=1S/C15H20ClNO3/c1-18-13-10(16)9-11-14(20-8-4-7-19-11)12(13)15(17)5-2-3-6-15/h9H,2-8,17H2,1H3. The van der Waals surface area contributed by atoms with Crippen molar-refractivity contribution in [3.63, 3.8) is 0 Å². The van der Waals surface area contributed by atoms with Crippen LogP contribution in [0, 0.1) is 0 Å². The first-order valence-corrected chi connectivity index (χ1v) is 7.49. The molecule has 1 aliphatic carbocycles. The summed E-state index contributed by atoms with van der Waals surface area (Å²) in [4.78, 5) is 0. The van der Waals surface area contributed by atoms with Gasteiger partial charge in [-0.1, -0.05) is 24.4 Å². The van der Waals surface area contributed by atoms with E-state index in [1.54, 1.807) is 13.2 Å². The molecule has 1 saturated carbocycles. The first kappa shape index (κ1) is 13.8. The maximum absolute atomic E-state index is 6.63. The molecule has 0 radical (unpaired) electrons. The average Bonchev–Trinajstić information content (AvgIpc) is 2.74. The van der Waals surface area contributed by atoms with Crippen molar-refractivity contribution in [3.05, 3.63) is 16.7 Å². The number of rotatable bonds is 2. The molecule has 1 aliphatic heterocycles. The van der Waals surface area contributed by atoms with Gasteiger partial charge in [0.05, 0.1) is 30.9 Å². The number of hydrogen-bond donors (Lipinski definition) is 1. The Balaban J connectivity index is 2.20. The Hall–Kier alpha value is -1.13. The lowest BCUT2D eigenvalue weighted by molar-refractivity contribution is 0.290. The van der Waals surface area contributed by atoms with E-state index in [0.29, 0.717) is 35.5 Å². The number of halogens is 1. The molecule has 1 aromatic rings. The van der Waals surface area contributed by atoms with Gasteiger partial charge < -0.3 is 19.9 Å². The molecule has 1 heterocycles. The Morgan fingerprint density at radius 1 is 1.20 bits per heavy atom. The molecule has 1 aromatic carbocycles. The van der Waals surface area contributed by atoms with Crippen LogP contribution in [0.1, 0.15) is 37.7 Å². The fraction of sp³-hybridized carbons (Fsp3) is 0.600. The molecule has 0 bridgehead atoms. The molecular formula is C15H20ClNO3. The van der Waals surface area contributed by atoms with Crippen molar-refractivity contribution in [1.82, 2.24) is 0 Å². The summed E-state index contributed by atoms with van der Waals surface area (Å²) in [7, 11) is 1.62. The number of ether oxygens (including phenoxy) is 3. The quantitative estimate of drug-likeness (QED) is 0.910. The van der Waals surface area contributed by atoms with E-state index < -0.39 is 5.54 Å². The summed E-state index contributed by atoms with van der Waals surface area (Å²) in [5.41, 5.74) is 7.07. The highest BCUT2D eigenvalue weighted by molar-refractivity contribution is 6.32. The molecule has 0 spiro atoms. The summed E-state index contributed by atoms with van der Waals surface area (Å²) >= 11 is 6.34. The monoisotopic (exact) mass is 297 g/mol. The first-order valence-electron chi connectivity index (χ1n) is 7.11. The molecule has 0 amide bonds. The Morgan fingerprint density at radius 3 is 2.60 bits per heavy atom. The third-order valence-corrected chi connectivity index (χ3v) is 4.42. The van der Waals surface area contributed by atoms with E-state index in [1.807, 2.05) is 0 Å². The van der Waals surface area contributed by atoms with E-state index in [2.05, 4.69) is 0 Å². The maximum atomic E-state index is 6.63. The topological polar surface area (TPSA) is 53.7 Å². The van der Waals surface area contributed by atoms with Crippen molar-refractivity contribution in [1.29, 1.82) is 0 Å². The van der Waals surface area contributed by atoms with E-state index in [9.17, 15) is 0 Å². The molecular weight excluding hydrogens is 278 g/mol. The van der Waals surface area contributed by atoms with Gasteiger partial charge in [-0.15, -0.1) is 0 Å². The van der Waals surface area contributed by atoms with Crippen molar-refractivity contribution >= 4 is 11.6 Å². The molecule has 3 rings (SSSR count). The molecule has 2 aliphatic rings. The normalized spacial score (nSPS) is 20.6. The second-order valence-corrected chi connectivity index (χ2v) is 5.91. The zero-order chi connectivity index (χ0) is 14.2. The van der Waals surface area contributed by atoms with E-state index >= 15 is 0 Å². The fourth-order valence-corrected chi connectivity index (χ4v) is 3.44. The molecule has 0 aromatic heterocycles. The minimum atomic E-state index is -0.436. The van der Waals surface area contributed by atoms with Crippen LogP contribution < -0.4 is 19.9 Å². The minimum Gasteiger partial charge on any atom is -0.495 e. The molecule has 5 heteroatoms. The number of benzene rings is 1. The zero-order valence-electron chi connectivity index (χ0n) is 11.7. The van der Waals surface area contributed by atoms with E-state index in [0.717, 1.165) is 37.7 Å². The lowest BCUT2D eigenvalue weighted by Gasteiger charge is -2.29. The van der Waals surface area contributed by atoms with Gasteiger partial charge in [0.25, 0.3) is 0 Å². The SMILES string of the molecule is COc1c(Cl)cc2c(c1C1(N)CCCC1)OCCCO2. The second-order valence-electron chi connectivity index (χ2n) is 5.51. The third kappa shape index (κ3) is 2.21. The Labute approximate surface area is 124 Å². The maximum Gasteiger partial charge on any atom is 0.170 e. The van der Waals surface area contributed by atoms with Gasteiger partial charge in [0, 0.05) is 18.0 Å². The summed E-state index contributed by atoms with van der Waals surface area (Å²) in [6, 6.07) is 1.77. The smallest absolute Gasteiger partial charge is 0.170 e. The third-order valence-electron chi connectivity index (χ3n) is 4.14. The molecule has 110 valence electrons. The van der Waals surface area contributed by atoms with Crippen LogP contribution in [0.2, 0.25) is 5.02 Å². The van der Waals surface area contributed by atoms with E-state index in [-0.39, 0.29) is 0 Å². The van der Waals surface area contributed by atoms with Crippen molar-refractivity contribution < 1.29 is 14.2 Å². The predicted molar refractivity (Wildman–Crippen MR) is 77.9 cm³/mol. The van der Waals surface area contributed by atoms with Crippen molar-refractivity contribution in [3.8, 4) is 17.2 Å². The van der Waals surface area contributed by atoms with Gasteiger partial charge in [-0.2, -0.15) is 0 Å². The Morgan fingerprint density at radius 2 is 1.90 bits per heavy atom. The number of hydrogen-bond acceptors (Lipinski definition) is 4. The largest absolute Gasteiger partial charge is 0.495 e. The molecule has 2 N–H and O–H groups in total. The summed E-state index contributed by atoms with van der Waals surface area (Å²) in [5.74, 6) is 2.02. The summed E-state index contributed by atoms with van der Waals surface area (Å²) in [6.45, 7) is 1.26. The van der Waals surface area contributed by atoms with Gasteiger partial charge in [-0.05, 0) is 12.8 Å². The Kier molecular flexibility index (Phi) is 3.69. The highest BCUT2D eigenvalue weighted by atomic mass is 35.5. The highest BCUT2D eigenvalue weighted by Crippen LogP contribution is 2.52.